The number of rotatable bonds is 0. The molecule has 4 rings (SSSR count). The van der Waals surface area contributed by atoms with Crippen molar-refractivity contribution in [2.45, 2.75) is 20.1 Å². The fourth-order valence-corrected chi connectivity index (χ4v) is 1.95. The Hall–Kier alpha value is -2.02. The van der Waals surface area contributed by atoms with Gasteiger partial charge in [0.1, 0.15) is 0 Å². The molecule has 0 bridgehead atoms. The molecule has 0 amide bonds. The molecule has 0 spiro atoms. The molecular formula is C20H22Mo2N6O4S4. The van der Waals surface area contributed by atoms with Crippen LogP contribution < -0.4 is 0 Å². The van der Waals surface area contributed by atoms with Crippen LogP contribution in [-0.4, -0.2) is 30.9 Å². The third kappa shape index (κ3) is 34.1. The van der Waals surface area contributed by atoms with Crippen LogP contribution in [0.4, 0.5) is 0 Å². The van der Waals surface area contributed by atoms with Crippen LogP contribution in [0.15, 0.2) is 118 Å². The zero-order valence-corrected chi connectivity index (χ0v) is 25.6. The Morgan fingerprint density at radius 3 is 0.639 bits per heavy atom. The number of nitrogens with one attached hydrogen (secondary N) is 2. The Morgan fingerprint density at radius 1 is 0.417 bits per heavy atom. The summed E-state index contributed by atoms with van der Waals surface area (Å²) < 4.78 is 0. The number of pyridine rings is 4. The average molecular weight is 731 g/mol. The van der Waals surface area contributed by atoms with Crippen molar-refractivity contribution in [3.63, 3.8) is 0 Å². The molecule has 36 heavy (non-hydrogen) atoms. The molecule has 192 valence electrons. The van der Waals surface area contributed by atoms with Crippen LogP contribution in [0.25, 0.3) is 0 Å². The van der Waals surface area contributed by atoms with Crippen LogP contribution >= 0.6 is 0 Å². The van der Waals surface area contributed by atoms with Crippen molar-refractivity contribution < 1.29 is 53.1 Å². The third-order valence-corrected chi connectivity index (χ3v) is 3.52. The predicted molar refractivity (Wildman–Crippen MR) is 139 cm³/mol. The number of aromatic nitrogens is 4. The molecule has 0 atom stereocenters. The van der Waals surface area contributed by atoms with Gasteiger partial charge in [-0.1, -0.05) is 79.8 Å². The van der Waals surface area contributed by atoms with Gasteiger partial charge in [0.15, 0.2) is 0 Å². The first-order chi connectivity index (χ1) is 15.6. The Bertz CT molecular complexity index is 765. The van der Waals surface area contributed by atoms with Gasteiger partial charge in [-0.15, -0.1) is 0 Å². The molecule has 4 aromatic heterocycles. The molecule has 0 aliphatic rings. The molecule has 0 aliphatic heterocycles. The van der Waals surface area contributed by atoms with Gasteiger partial charge >= 0.3 is 42.1 Å². The number of nitroso groups, excluding NO2 is 2. The maximum atomic E-state index is 7.50. The number of nitrogens with zero attached hydrogens (tertiary/aromatic N) is 4. The summed E-state index contributed by atoms with van der Waals surface area (Å²) in [4.78, 5) is 30.2. The van der Waals surface area contributed by atoms with Crippen molar-refractivity contribution in [2.24, 2.45) is 0 Å². The van der Waals surface area contributed by atoms with E-state index in [-0.39, 0.29) is 53.1 Å². The summed E-state index contributed by atoms with van der Waals surface area (Å²) in [7, 11) is 0. The first-order valence-electron chi connectivity index (χ1n) is 8.31. The average Bonchev–Trinajstić information content (AvgIpc) is 2.85. The molecule has 0 unspecified atom stereocenters. The van der Waals surface area contributed by atoms with E-state index >= 15 is 0 Å². The second-order valence-corrected chi connectivity index (χ2v) is 6.35. The maximum absolute atomic E-state index is 7.50. The van der Waals surface area contributed by atoms with Gasteiger partial charge in [-0.2, -0.15) is 9.81 Å². The van der Waals surface area contributed by atoms with Gasteiger partial charge in [0.2, 0.25) is 0 Å². The first kappa shape index (κ1) is 47.2. The zero-order valence-electron chi connectivity index (χ0n) is 18.3. The summed E-state index contributed by atoms with van der Waals surface area (Å²) in [5, 5.41) is 2.62. The smallest absolute Gasteiger partial charge is 0.760 e. The zero-order chi connectivity index (χ0) is 24.5. The van der Waals surface area contributed by atoms with Crippen LogP contribution in [0.2, 0.25) is 0 Å². The van der Waals surface area contributed by atoms with Gasteiger partial charge in [-0.3, -0.25) is 19.9 Å². The second kappa shape index (κ2) is 37.5. The van der Waals surface area contributed by atoms with Crippen molar-refractivity contribution in [1.29, 1.82) is 11.2 Å². The largest absolute Gasteiger partial charge is 2.00 e. The summed E-state index contributed by atoms with van der Waals surface area (Å²) >= 11 is 18.8. The Kier molecular flexibility index (Phi) is 49.2. The Morgan fingerprint density at radius 2 is 0.583 bits per heavy atom. The van der Waals surface area contributed by atoms with E-state index in [0.717, 1.165) is 0 Å². The first-order valence-corrected chi connectivity index (χ1v) is 9.94. The van der Waals surface area contributed by atoms with Crippen molar-refractivity contribution in [3.05, 3.63) is 107 Å². The van der Waals surface area contributed by atoms with Crippen molar-refractivity contribution in [3.8, 4) is 0 Å². The topological polar surface area (TPSA) is 196 Å². The van der Waals surface area contributed by atoms with E-state index in [2.05, 4.69) is 31.1 Å². The normalized spacial score (nSPS) is 6.89. The molecule has 0 aliphatic carbocycles. The molecular weight excluding hydrogens is 708 g/mol. The molecule has 0 radical (unpaired) electrons. The molecule has 0 saturated carbocycles. The van der Waals surface area contributed by atoms with Crippen LogP contribution in [0.3, 0.4) is 0 Å². The van der Waals surface area contributed by atoms with Crippen molar-refractivity contribution >= 4 is 50.5 Å². The molecule has 0 aromatic carbocycles. The monoisotopic (exact) mass is 734 g/mol. The van der Waals surface area contributed by atoms with E-state index in [4.69, 9.17) is 60.3 Å². The maximum Gasteiger partial charge on any atom is 2.00 e. The standard InChI is InChI=1S/4C5H5NS.2Mo.2HNO.2H2O/c4*7-5-3-1-2-4-6-5;;;2*1-2;;/h4*1-4H,(H,6,7);;;2*1H;2*1H2/q;;;;2*+2;;;;/p-4. The van der Waals surface area contributed by atoms with Gasteiger partial charge in [-0.25, -0.2) is 0 Å². The minimum atomic E-state index is 0. The van der Waals surface area contributed by atoms with Gasteiger partial charge in [0, 0.05) is 24.8 Å². The summed E-state index contributed by atoms with van der Waals surface area (Å²) in [6, 6.07) is 22.0. The van der Waals surface area contributed by atoms with Gasteiger partial charge < -0.3 is 61.5 Å². The molecule has 0 saturated heterocycles. The van der Waals surface area contributed by atoms with Crippen LogP contribution in [0.5, 0.6) is 0 Å². The van der Waals surface area contributed by atoms with Gasteiger partial charge in [0.05, 0.1) is 0 Å². The minimum Gasteiger partial charge on any atom is -0.760 e. The SMILES string of the molecule is N=O.N=O.O.O.[Mo+2].[Mo+2].[S-]c1ccccn1.[S-]c1ccccn1.[S-]c1ccccn1.[S-]c1ccccn1. The van der Waals surface area contributed by atoms with Crippen LogP contribution in [0, 0.1) is 21.0 Å². The fraction of sp³-hybridized carbons (Fsp3) is 0. The number of hydrogen-bond donors (Lipinski definition) is 2. The Balaban J connectivity index is -0.0000000768. The molecule has 4 heterocycles. The van der Waals surface area contributed by atoms with Crippen molar-refractivity contribution in [2.75, 3.05) is 0 Å². The van der Waals surface area contributed by atoms with Gasteiger partial charge in [0.25, 0.3) is 0 Å². The Labute approximate surface area is 260 Å². The molecule has 10 nitrogen and oxygen atoms in total. The quantitative estimate of drug-likeness (QED) is 0.154. The summed E-state index contributed by atoms with van der Waals surface area (Å²) in [6.45, 7) is 0. The van der Waals surface area contributed by atoms with E-state index in [1.807, 2.05) is 48.5 Å². The summed E-state index contributed by atoms with van der Waals surface area (Å²) in [6.07, 6.45) is 6.73. The minimum absolute atomic E-state index is 0. The van der Waals surface area contributed by atoms with E-state index in [1.165, 1.54) is 0 Å². The van der Waals surface area contributed by atoms with E-state index in [9.17, 15) is 0 Å². The van der Waals surface area contributed by atoms with Crippen LogP contribution in [-0.2, 0) is 92.6 Å². The molecule has 6 N–H and O–H groups in total. The fourth-order valence-electron chi connectivity index (χ4n) is 1.39. The molecule has 0 fully saturated rings. The predicted octanol–water partition coefficient (Wildman–Crippen LogP) is 2.96. The van der Waals surface area contributed by atoms with Gasteiger partial charge in [-0.05, 0) is 24.3 Å². The van der Waals surface area contributed by atoms with E-state index in [0.29, 0.717) is 20.1 Å². The van der Waals surface area contributed by atoms with E-state index < -0.39 is 0 Å². The summed E-state index contributed by atoms with van der Waals surface area (Å²) in [5.74, 6) is 0. The molecule has 16 heteroatoms. The third-order valence-electron chi connectivity index (χ3n) is 2.55. The van der Waals surface area contributed by atoms with Crippen LogP contribution in [0.1, 0.15) is 0 Å². The van der Waals surface area contributed by atoms with Crippen molar-refractivity contribution in [1.82, 2.24) is 19.9 Å². The second-order valence-electron chi connectivity index (χ2n) is 4.67. The molecule has 4 aromatic rings. The summed E-state index contributed by atoms with van der Waals surface area (Å²) in [5.41, 5.74) is 9.00. The van der Waals surface area contributed by atoms with E-state index in [1.54, 1.807) is 49.1 Å². The number of hydrogen-bond acceptors (Lipinski definition) is 12.